The van der Waals surface area contributed by atoms with Crippen LogP contribution in [0.4, 0.5) is 0 Å². The van der Waals surface area contributed by atoms with Crippen LogP contribution in [0.2, 0.25) is 0 Å². The number of amides is 2. The lowest BCUT2D eigenvalue weighted by atomic mass is 10.1. The van der Waals surface area contributed by atoms with Gasteiger partial charge in [-0.1, -0.05) is 18.2 Å². The van der Waals surface area contributed by atoms with Gasteiger partial charge in [0.2, 0.25) is 0 Å². The largest absolute Gasteiger partial charge is 0.460 e. The Labute approximate surface area is 150 Å². The van der Waals surface area contributed by atoms with E-state index >= 15 is 0 Å². The van der Waals surface area contributed by atoms with E-state index in [0.29, 0.717) is 11.1 Å². The number of carbonyl (C=O) groups is 3. The van der Waals surface area contributed by atoms with Crippen LogP contribution in [0.5, 0.6) is 0 Å². The second kappa shape index (κ2) is 6.72. The minimum absolute atomic E-state index is 0.00676. The first-order chi connectivity index (χ1) is 12.3. The molecule has 0 N–H and O–H groups in total. The molecule has 134 valence electrons. The molecule has 0 unspecified atom stereocenters. The molecule has 2 amide bonds. The van der Waals surface area contributed by atoms with Gasteiger partial charge in [-0.15, -0.1) is 0 Å². The Morgan fingerprint density at radius 3 is 2.19 bits per heavy atom. The molecule has 1 aliphatic rings. The van der Waals surface area contributed by atoms with Crippen molar-refractivity contribution in [2.24, 2.45) is 0 Å². The minimum Gasteiger partial charge on any atom is -0.460 e. The van der Waals surface area contributed by atoms with E-state index in [1.165, 1.54) is 24.3 Å². The summed E-state index contributed by atoms with van der Waals surface area (Å²) in [5, 5.41) is 0. The van der Waals surface area contributed by atoms with Crippen LogP contribution in [0.3, 0.4) is 0 Å². The van der Waals surface area contributed by atoms with Crippen LogP contribution in [0.25, 0.3) is 0 Å². The Kier molecular flexibility index (Phi) is 4.60. The fourth-order valence-electron chi connectivity index (χ4n) is 2.61. The van der Waals surface area contributed by atoms with Crippen LogP contribution < -0.4 is 0 Å². The summed E-state index contributed by atoms with van der Waals surface area (Å²) in [6.07, 6.45) is 1.04. The third-order valence-electron chi connectivity index (χ3n) is 3.92. The van der Waals surface area contributed by atoms with Gasteiger partial charge >= 0.3 is 5.97 Å². The number of benzene rings is 2. The molecule has 0 atom stereocenters. The molecule has 1 heterocycles. The maximum Gasteiger partial charge on any atom is 0.338 e. The van der Waals surface area contributed by atoms with Crippen molar-refractivity contribution in [3.8, 4) is 0 Å². The molecule has 2 aromatic rings. The molecular weight excluding hydrogens is 358 g/mol. The number of rotatable bonds is 5. The van der Waals surface area contributed by atoms with Gasteiger partial charge in [0.05, 0.1) is 28.1 Å². The van der Waals surface area contributed by atoms with Crippen LogP contribution in [0, 0.1) is 0 Å². The van der Waals surface area contributed by atoms with Crippen molar-refractivity contribution in [3.05, 3.63) is 65.2 Å². The van der Waals surface area contributed by atoms with Gasteiger partial charge in [0.25, 0.3) is 11.8 Å². The Morgan fingerprint density at radius 2 is 1.62 bits per heavy atom. The normalized spacial score (nSPS) is 13.7. The predicted octanol–water partition coefficient (Wildman–Crippen LogP) is 1.54. The number of fused-ring (bicyclic) bond motifs is 1. The lowest BCUT2D eigenvalue weighted by Crippen LogP contribution is -2.33. The highest BCUT2D eigenvalue weighted by molar-refractivity contribution is 7.90. The molecule has 1 aliphatic heterocycles. The van der Waals surface area contributed by atoms with Crippen LogP contribution in [0.15, 0.2) is 53.4 Å². The summed E-state index contributed by atoms with van der Waals surface area (Å²) in [6.45, 7) is -0.267. The Bertz CT molecular complexity index is 977. The number of hydrogen-bond acceptors (Lipinski definition) is 6. The third kappa shape index (κ3) is 3.36. The molecule has 0 aliphatic carbocycles. The molecule has 0 aromatic heterocycles. The molecule has 7 nitrogen and oxygen atoms in total. The first-order valence-corrected chi connectivity index (χ1v) is 9.60. The topological polar surface area (TPSA) is 97.8 Å². The molecule has 26 heavy (non-hydrogen) atoms. The Balaban J connectivity index is 1.63. The summed E-state index contributed by atoms with van der Waals surface area (Å²) in [6, 6.07) is 11.9. The molecular formula is C18H15NO6S. The van der Waals surface area contributed by atoms with E-state index in [2.05, 4.69) is 0 Å². The SMILES string of the molecule is CS(=O)(=O)c1cccc(C(=O)OCCN2C(=O)c3ccccc3C2=O)c1. The van der Waals surface area contributed by atoms with E-state index < -0.39 is 27.6 Å². The third-order valence-corrected chi connectivity index (χ3v) is 5.03. The predicted molar refractivity (Wildman–Crippen MR) is 91.6 cm³/mol. The maximum absolute atomic E-state index is 12.2. The first kappa shape index (κ1) is 17.8. The van der Waals surface area contributed by atoms with Crippen molar-refractivity contribution in [3.63, 3.8) is 0 Å². The molecule has 0 saturated heterocycles. The van der Waals surface area contributed by atoms with E-state index in [9.17, 15) is 22.8 Å². The van der Waals surface area contributed by atoms with Crippen LogP contribution in [-0.4, -0.2) is 50.5 Å². The highest BCUT2D eigenvalue weighted by Gasteiger charge is 2.34. The average molecular weight is 373 g/mol. The molecule has 0 saturated carbocycles. The summed E-state index contributed by atoms with van der Waals surface area (Å²) in [5.74, 6) is -1.59. The van der Waals surface area contributed by atoms with Crippen molar-refractivity contribution in [2.75, 3.05) is 19.4 Å². The number of imide groups is 1. The fourth-order valence-corrected chi connectivity index (χ4v) is 3.28. The second-order valence-corrected chi connectivity index (χ2v) is 7.76. The van der Waals surface area contributed by atoms with Crippen molar-refractivity contribution in [2.45, 2.75) is 4.90 Å². The molecule has 0 fully saturated rings. The molecule has 2 aromatic carbocycles. The lowest BCUT2D eigenvalue weighted by Gasteiger charge is -2.13. The molecule has 3 rings (SSSR count). The zero-order chi connectivity index (χ0) is 18.9. The highest BCUT2D eigenvalue weighted by atomic mass is 32.2. The van der Waals surface area contributed by atoms with Gasteiger partial charge in [0.15, 0.2) is 9.84 Å². The lowest BCUT2D eigenvalue weighted by molar-refractivity contribution is 0.0420. The minimum atomic E-state index is -3.44. The van der Waals surface area contributed by atoms with Gasteiger partial charge in [0.1, 0.15) is 6.61 Å². The van der Waals surface area contributed by atoms with E-state index in [1.54, 1.807) is 24.3 Å². The van der Waals surface area contributed by atoms with E-state index in [1.807, 2.05) is 0 Å². The van der Waals surface area contributed by atoms with Gasteiger partial charge in [-0.05, 0) is 30.3 Å². The number of hydrogen-bond donors (Lipinski definition) is 0. The summed E-state index contributed by atoms with van der Waals surface area (Å²) < 4.78 is 28.2. The Hall–Kier alpha value is -3.00. The van der Waals surface area contributed by atoms with Crippen LogP contribution in [-0.2, 0) is 14.6 Å². The highest BCUT2D eigenvalue weighted by Crippen LogP contribution is 2.22. The van der Waals surface area contributed by atoms with Gasteiger partial charge in [-0.3, -0.25) is 14.5 Å². The van der Waals surface area contributed by atoms with Crippen molar-refractivity contribution in [1.29, 1.82) is 0 Å². The van der Waals surface area contributed by atoms with Gasteiger partial charge in [0, 0.05) is 6.26 Å². The zero-order valence-electron chi connectivity index (χ0n) is 13.8. The molecule has 0 radical (unpaired) electrons. The summed E-state index contributed by atoms with van der Waals surface area (Å²) >= 11 is 0. The quantitative estimate of drug-likeness (QED) is 0.582. The van der Waals surface area contributed by atoms with Crippen molar-refractivity contribution in [1.82, 2.24) is 4.90 Å². The molecule has 0 bridgehead atoms. The zero-order valence-corrected chi connectivity index (χ0v) is 14.7. The standard InChI is InChI=1S/C18H15NO6S/c1-26(23,24)13-6-4-5-12(11-13)18(22)25-10-9-19-16(20)14-7-2-3-8-15(14)17(19)21/h2-8,11H,9-10H2,1H3. The number of sulfone groups is 1. The summed E-state index contributed by atoms with van der Waals surface area (Å²) in [7, 11) is -3.44. The summed E-state index contributed by atoms with van der Waals surface area (Å²) in [4.78, 5) is 37.5. The van der Waals surface area contributed by atoms with Gasteiger partial charge in [-0.2, -0.15) is 0 Å². The van der Waals surface area contributed by atoms with E-state index in [-0.39, 0.29) is 23.6 Å². The van der Waals surface area contributed by atoms with Crippen LogP contribution >= 0.6 is 0 Å². The maximum atomic E-state index is 12.2. The van der Waals surface area contributed by atoms with Gasteiger partial charge < -0.3 is 4.74 Å². The monoisotopic (exact) mass is 373 g/mol. The van der Waals surface area contributed by atoms with Gasteiger partial charge in [-0.25, -0.2) is 13.2 Å². The number of esters is 1. The van der Waals surface area contributed by atoms with E-state index in [4.69, 9.17) is 4.74 Å². The average Bonchev–Trinajstić information content (AvgIpc) is 2.86. The number of ether oxygens (including phenoxy) is 1. The number of nitrogens with zero attached hydrogens (tertiary/aromatic N) is 1. The first-order valence-electron chi connectivity index (χ1n) is 7.71. The Morgan fingerprint density at radius 1 is 1.00 bits per heavy atom. The fraction of sp³-hybridized carbons (Fsp3) is 0.167. The van der Waals surface area contributed by atoms with Crippen molar-refractivity contribution >= 4 is 27.6 Å². The van der Waals surface area contributed by atoms with Crippen LogP contribution in [0.1, 0.15) is 31.1 Å². The smallest absolute Gasteiger partial charge is 0.338 e. The molecule has 0 spiro atoms. The van der Waals surface area contributed by atoms with E-state index in [0.717, 1.165) is 11.2 Å². The number of carbonyl (C=O) groups excluding carboxylic acids is 3. The second-order valence-electron chi connectivity index (χ2n) is 5.74. The summed E-state index contributed by atoms with van der Waals surface area (Å²) in [5.41, 5.74) is 0.727. The van der Waals surface area contributed by atoms with Crippen molar-refractivity contribution < 1.29 is 27.5 Å². The molecule has 8 heteroatoms.